The highest BCUT2D eigenvalue weighted by Crippen LogP contribution is 2.20. The molecule has 1 fully saturated rings. The smallest absolute Gasteiger partial charge is 0.223 e. The van der Waals surface area contributed by atoms with E-state index in [1.165, 1.54) is 5.56 Å². The molecule has 0 radical (unpaired) electrons. The zero-order valence-corrected chi connectivity index (χ0v) is 15.1. The number of piperidine rings is 1. The summed E-state index contributed by atoms with van der Waals surface area (Å²) in [5.41, 5.74) is 2.33. The quantitative estimate of drug-likeness (QED) is 0.736. The molecule has 24 heavy (non-hydrogen) atoms. The van der Waals surface area contributed by atoms with Crippen LogP contribution in [0.3, 0.4) is 0 Å². The largest absolute Gasteiger partial charge is 0.383 e. The number of nitrogens with zero attached hydrogens (tertiary/aromatic N) is 3. The number of likely N-dealkylation sites (tertiary alicyclic amines) is 1. The van der Waals surface area contributed by atoms with E-state index in [-0.39, 0.29) is 17.9 Å². The number of allylic oxidation sites excluding steroid dienone is 1. The zero-order valence-electron chi connectivity index (χ0n) is 15.1. The van der Waals surface area contributed by atoms with Crippen LogP contribution in [0.15, 0.2) is 18.9 Å². The van der Waals surface area contributed by atoms with Gasteiger partial charge in [0.25, 0.3) is 0 Å². The highest BCUT2D eigenvalue weighted by atomic mass is 16.5. The molecule has 1 saturated heterocycles. The molecule has 1 atom stereocenters. The third kappa shape index (κ3) is 5.18. The summed E-state index contributed by atoms with van der Waals surface area (Å²) in [6.45, 7) is 11.9. The van der Waals surface area contributed by atoms with Crippen molar-refractivity contribution in [2.75, 3.05) is 26.8 Å². The molecule has 2 rings (SSSR count). The minimum absolute atomic E-state index is 0.0684. The van der Waals surface area contributed by atoms with Gasteiger partial charge >= 0.3 is 0 Å². The third-order valence-corrected chi connectivity index (χ3v) is 4.52. The van der Waals surface area contributed by atoms with Gasteiger partial charge < -0.3 is 10.1 Å². The number of hydrogen-bond acceptors (Lipinski definition) is 4. The van der Waals surface area contributed by atoms with Crippen LogP contribution in [0.4, 0.5) is 0 Å². The highest BCUT2D eigenvalue weighted by Gasteiger charge is 2.26. The van der Waals surface area contributed by atoms with Gasteiger partial charge in [-0.3, -0.25) is 14.4 Å². The summed E-state index contributed by atoms with van der Waals surface area (Å²) in [5.74, 6) is 0.277. The lowest BCUT2D eigenvalue weighted by Gasteiger charge is -2.31. The topological polar surface area (TPSA) is 59.4 Å². The molecule has 1 amide bonds. The summed E-state index contributed by atoms with van der Waals surface area (Å²) in [4.78, 5) is 14.7. The molecule has 1 N–H and O–H groups in total. The predicted molar refractivity (Wildman–Crippen MR) is 94.6 cm³/mol. The van der Waals surface area contributed by atoms with Crippen molar-refractivity contribution in [1.29, 1.82) is 0 Å². The molecule has 1 aliphatic heterocycles. The molecule has 1 aromatic rings. The molecule has 6 heteroatoms. The summed E-state index contributed by atoms with van der Waals surface area (Å²) < 4.78 is 6.99. The van der Waals surface area contributed by atoms with E-state index in [0.717, 1.165) is 44.7 Å². The van der Waals surface area contributed by atoms with Gasteiger partial charge in [-0.05, 0) is 39.8 Å². The van der Waals surface area contributed by atoms with Crippen LogP contribution in [0.1, 0.15) is 31.0 Å². The number of ether oxygens (including phenoxy) is 1. The maximum Gasteiger partial charge on any atom is 0.223 e. The van der Waals surface area contributed by atoms with Gasteiger partial charge in [0.05, 0.1) is 18.8 Å². The Balaban J connectivity index is 1.80. The Morgan fingerprint density at radius 3 is 2.88 bits per heavy atom. The average molecular weight is 334 g/mol. The van der Waals surface area contributed by atoms with Gasteiger partial charge in [0.15, 0.2) is 0 Å². The Morgan fingerprint density at radius 2 is 2.25 bits per heavy atom. The molecule has 0 unspecified atom stereocenters. The van der Waals surface area contributed by atoms with Crippen LogP contribution in [-0.4, -0.2) is 53.4 Å². The van der Waals surface area contributed by atoms with E-state index in [0.29, 0.717) is 6.61 Å². The average Bonchev–Trinajstić information content (AvgIpc) is 2.88. The van der Waals surface area contributed by atoms with E-state index in [4.69, 9.17) is 4.74 Å². The van der Waals surface area contributed by atoms with Crippen molar-refractivity contribution in [3.05, 3.63) is 30.1 Å². The maximum absolute atomic E-state index is 12.3. The molecule has 134 valence electrons. The molecule has 6 nitrogen and oxygen atoms in total. The fraction of sp³-hybridized carbons (Fsp3) is 0.667. The van der Waals surface area contributed by atoms with Crippen LogP contribution in [0, 0.1) is 12.8 Å². The van der Waals surface area contributed by atoms with E-state index in [1.54, 1.807) is 7.11 Å². The number of carbonyl (C=O) groups is 1. The second-order valence-electron chi connectivity index (χ2n) is 6.67. The number of nitrogens with one attached hydrogen (secondary N) is 1. The Morgan fingerprint density at radius 1 is 1.54 bits per heavy atom. The molecule has 0 spiro atoms. The maximum atomic E-state index is 12.3. The van der Waals surface area contributed by atoms with Crippen LogP contribution in [0.25, 0.3) is 0 Å². The third-order valence-electron chi connectivity index (χ3n) is 4.52. The summed E-state index contributed by atoms with van der Waals surface area (Å²) in [6.07, 6.45) is 5.77. The van der Waals surface area contributed by atoms with Crippen LogP contribution in [-0.2, 0) is 22.6 Å². The Kier molecular flexibility index (Phi) is 6.99. The number of methoxy groups -OCH3 is 1. The number of carbonyl (C=O) groups excluding carboxylic acids is 1. The fourth-order valence-corrected chi connectivity index (χ4v) is 3.19. The van der Waals surface area contributed by atoms with Crippen molar-refractivity contribution >= 4 is 5.91 Å². The lowest BCUT2D eigenvalue weighted by Crippen LogP contribution is -2.44. The number of aromatic nitrogens is 2. The molecule has 0 aromatic carbocycles. The van der Waals surface area contributed by atoms with Gasteiger partial charge in [-0.2, -0.15) is 5.10 Å². The van der Waals surface area contributed by atoms with Crippen LogP contribution in [0.5, 0.6) is 0 Å². The van der Waals surface area contributed by atoms with Gasteiger partial charge in [0, 0.05) is 37.4 Å². The van der Waals surface area contributed by atoms with E-state index < -0.39 is 0 Å². The Bertz CT molecular complexity index is 547. The molecular formula is C18H30N4O2. The Hall–Kier alpha value is -1.66. The van der Waals surface area contributed by atoms with E-state index in [9.17, 15) is 4.79 Å². The van der Waals surface area contributed by atoms with Crippen molar-refractivity contribution in [3.63, 3.8) is 0 Å². The first-order chi connectivity index (χ1) is 11.5. The van der Waals surface area contributed by atoms with Crippen LogP contribution < -0.4 is 5.32 Å². The number of rotatable bonds is 8. The molecule has 2 heterocycles. The first-order valence-electron chi connectivity index (χ1n) is 8.69. The monoisotopic (exact) mass is 334 g/mol. The summed E-state index contributed by atoms with van der Waals surface area (Å²) in [6, 6.07) is 0.0684. The van der Waals surface area contributed by atoms with E-state index in [2.05, 4.69) is 28.1 Å². The zero-order chi connectivity index (χ0) is 17.5. The lowest BCUT2D eigenvalue weighted by molar-refractivity contribution is -0.127. The highest BCUT2D eigenvalue weighted by molar-refractivity contribution is 5.79. The van der Waals surface area contributed by atoms with Gasteiger partial charge in [-0.15, -0.1) is 6.58 Å². The van der Waals surface area contributed by atoms with Gasteiger partial charge in [-0.25, -0.2) is 0 Å². The summed E-state index contributed by atoms with van der Waals surface area (Å²) in [5, 5.41) is 7.54. The number of aryl methyl sites for hydroxylation is 1. The lowest BCUT2D eigenvalue weighted by atomic mass is 9.95. The van der Waals surface area contributed by atoms with Crippen molar-refractivity contribution in [1.82, 2.24) is 20.0 Å². The van der Waals surface area contributed by atoms with Crippen molar-refractivity contribution in [3.8, 4) is 0 Å². The molecule has 0 aliphatic carbocycles. The van der Waals surface area contributed by atoms with Crippen molar-refractivity contribution < 1.29 is 9.53 Å². The van der Waals surface area contributed by atoms with Gasteiger partial charge in [-0.1, -0.05) is 6.08 Å². The second kappa shape index (κ2) is 8.99. The predicted octanol–water partition coefficient (Wildman–Crippen LogP) is 1.74. The van der Waals surface area contributed by atoms with Crippen LogP contribution in [0.2, 0.25) is 0 Å². The number of hydrogen-bond donors (Lipinski definition) is 1. The molecule has 0 bridgehead atoms. The SMILES string of the molecule is C=CCn1cc(CN2CCC(C(=O)N[C@@H](C)COC)CC2)c(C)n1. The van der Waals surface area contributed by atoms with Gasteiger partial charge in [0.2, 0.25) is 5.91 Å². The molecule has 1 aromatic heterocycles. The van der Waals surface area contributed by atoms with E-state index in [1.807, 2.05) is 24.6 Å². The minimum atomic E-state index is 0.0684. The van der Waals surface area contributed by atoms with Crippen molar-refractivity contribution in [2.45, 2.75) is 45.8 Å². The molecular weight excluding hydrogens is 304 g/mol. The van der Waals surface area contributed by atoms with Gasteiger partial charge in [0.1, 0.15) is 0 Å². The standard InChI is InChI=1S/C18H30N4O2/c1-5-8-22-12-17(15(3)20-22)11-21-9-6-16(7-10-21)18(23)19-14(2)13-24-4/h5,12,14,16H,1,6-11,13H2,2-4H3,(H,19,23)/t14-/m0/s1. The second-order valence-corrected chi connectivity index (χ2v) is 6.67. The number of amides is 1. The van der Waals surface area contributed by atoms with E-state index >= 15 is 0 Å². The van der Waals surface area contributed by atoms with Crippen molar-refractivity contribution in [2.24, 2.45) is 5.92 Å². The first-order valence-corrected chi connectivity index (χ1v) is 8.69. The van der Waals surface area contributed by atoms with Crippen LogP contribution >= 0.6 is 0 Å². The molecule has 1 aliphatic rings. The minimum Gasteiger partial charge on any atom is -0.383 e. The molecule has 0 saturated carbocycles. The fourth-order valence-electron chi connectivity index (χ4n) is 3.19. The summed E-state index contributed by atoms with van der Waals surface area (Å²) >= 11 is 0. The summed E-state index contributed by atoms with van der Waals surface area (Å²) in [7, 11) is 1.65. The Labute approximate surface area is 144 Å². The normalized spacial score (nSPS) is 17.6. The first kappa shape index (κ1) is 18.7.